The van der Waals surface area contributed by atoms with Gasteiger partial charge in [-0.1, -0.05) is 6.07 Å². The minimum absolute atomic E-state index is 0.388. The lowest BCUT2D eigenvalue weighted by molar-refractivity contribution is 0.385. The predicted octanol–water partition coefficient (Wildman–Crippen LogP) is 2.95. The van der Waals surface area contributed by atoms with Crippen molar-refractivity contribution in [3.63, 3.8) is 0 Å². The molecule has 0 atom stereocenters. The maximum absolute atomic E-state index is 5.75. The summed E-state index contributed by atoms with van der Waals surface area (Å²) in [6, 6.07) is 9.67. The van der Waals surface area contributed by atoms with Gasteiger partial charge in [0.05, 0.1) is 12.8 Å². The van der Waals surface area contributed by atoms with Crippen molar-refractivity contribution < 1.29 is 9.47 Å². The van der Waals surface area contributed by atoms with Crippen molar-refractivity contribution in [2.45, 2.75) is 19.3 Å². The van der Waals surface area contributed by atoms with Crippen molar-refractivity contribution >= 4 is 5.69 Å². The molecule has 19 heavy (non-hydrogen) atoms. The minimum Gasteiger partial charge on any atom is -0.479 e. The molecule has 0 amide bonds. The lowest BCUT2D eigenvalue weighted by Crippen LogP contribution is -1.97. The second-order valence-electron chi connectivity index (χ2n) is 4.63. The molecule has 0 saturated heterocycles. The topological polar surface area (TPSA) is 57.4 Å². The Labute approximate surface area is 112 Å². The van der Waals surface area contributed by atoms with E-state index in [-0.39, 0.29) is 0 Å². The Kier molecular flexibility index (Phi) is 2.99. The molecule has 1 aliphatic rings. The average molecular weight is 256 g/mol. The van der Waals surface area contributed by atoms with Gasteiger partial charge >= 0.3 is 0 Å². The van der Waals surface area contributed by atoms with Crippen molar-refractivity contribution in [3.05, 3.63) is 41.5 Å². The van der Waals surface area contributed by atoms with Crippen LogP contribution in [0.3, 0.4) is 0 Å². The molecule has 0 bridgehead atoms. The molecule has 4 heteroatoms. The lowest BCUT2D eigenvalue weighted by Gasteiger charge is -2.09. The molecule has 0 spiro atoms. The average Bonchev–Trinajstić information content (AvgIpc) is 2.88. The second kappa shape index (κ2) is 4.80. The van der Waals surface area contributed by atoms with Crippen LogP contribution in [0.4, 0.5) is 5.69 Å². The molecular formula is C15H16N2O2. The summed E-state index contributed by atoms with van der Waals surface area (Å²) in [5.41, 5.74) is 9.03. The van der Waals surface area contributed by atoms with Gasteiger partial charge in [-0.05, 0) is 48.6 Å². The van der Waals surface area contributed by atoms with Crippen LogP contribution in [0.25, 0.3) is 0 Å². The first-order chi connectivity index (χ1) is 9.26. The fraction of sp³-hybridized carbons (Fsp3) is 0.267. The fourth-order valence-electron chi connectivity index (χ4n) is 2.39. The third-order valence-corrected chi connectivity index (χ3v) is 3.35. The van der Waals surface area contributed by atoms with Gasteiger partial charge < -0.3 is 15.2 Å². The molecule has 4 nitrogen and oxygen atoms in total. The first-order valence-electron chi connectivity index (χ1n) is 6.36. The van der Waals surface area contributed by atoms with Crippen LogP contribution in [-0.4, -0.2) is 12.1 Å². The van der Waals surface area contributed by atoms with Gasteiger partial charge in [0.15, 0.2) is 0 Å². The Hall–Kier alpha value is -2.23. The van der Waals surface area contributed by atoms with E-state index in [4.69, 9.17) is 15.2 Å². The quantitative estimate of drug-likeness (QED) is 0.917. The fourth-order valence-corrected chi connectivity index (χ4v) is 2.39. The summed E-state index contributed by atoms with van der Waals surface area (Å²) >= 11 is 0. The van der Waals surface area contributed by atoms with Crippen LogP contribution in [0.1, 0.15) is 17.5 Å². The Balaban J connectivity index is 1.85. The smallest absolute Gasteiger partial charge is 0.240 e. The number of rotatable bonds is 3. The highest BCUT2D eigenvalue weighted by Gasteiger charge is 2.12. The number of hydrogen-bond acceptors (Lipinski definition) is 4. The van der Waals surface area contributed by atoms with Gasteiger partial charge in [0, 0.05) is 6.07 Å². The molecule has 0 radical (unpaired) electrons. The molecule has 1 aliphatic carbocycles. The van der Waals surface area contributed by atoms with Gasteiger partial charge in [0.2, 0.25) is 11.8 Å². The normalized spacial score (nSPS) is 13.1. The molecule has 0 aliphatic heterocycles. The maximum atomic E-state index is 5.75. The molecule has 1 aromatic carbocycles. The highest BCUT2D eigenvalue weighted by atomic mass is 16.5. The summed E-state index contributed by atoms with van der Waals surface area (Å²) in [4.78, 5) is 4.21. The predicted molar refractivity (Wildman–Crippen MR) is 73.7 cm³/mol. The number of nitrogens with zero attached hydrogens (tertiary/aromatic N) is 1. The van der Waals surface area contributed by atoms with Gasteiger partial charge in [0.1, 0.15) is 5.75 Å². The van der Waals surface area contributed by atoms with E-state index in [9.17, 15) is 0 Å². The van der Waals surface area contributed by atoms with Crippen LogP contribution in [0, 0.1) is 0 Å². The first kappa shape index (κ1) is 11.8. The van der Waals surface area contributed by atoms with Crippen LogP contribution < -0.4 is 15.2 Å². The third-order valence-electron chi connectivity index (χ3n) is 3.35. The van der Waals surface area contributed by atoms with Crippen molar-refractivity contribution in [3.8, 4) is 17.5 Å². The first-order valence-corrected chi connectivity index (χ1v) is 6.36. The van der Waals surface area contributed by atoms with E-state index in [0.717, 1.165) is 12.2 Å². The van der Waals surface area contributed by atoms with Gasteiger partial charge in [-0.15, -0.1) is 0 Å². The summed E-state index contributed by atoms with van der Waals surface area (Å²) < 4.78 is 10.8. The van der Waals surface area contributed by atoms with E-state index in [1.54, 1.807) is 12.1 Å². The Morgan fingerprint density at radius 1 is 1.11 bits per heavy atom. The highest BCUT2D eigenvalue weighted by Crippen LogP contribution is 2.29. The van der Waals surface area contributed by atoms with Crippen molar-refractivity contribution in [1.29, 1.82) is 0 Å². The number of benzene rings is 1. The Bertz CT molecular complexity index is 602. The molecule has 3 rings (SSSR count). The van der Waals surface area contributed by atoms with Crippen LogP contribution >= 0.6 is 0 Å². The molecule has 2 N–H and O–H groups in total. The maximum Gasteiger partial charge on any atom is 0.240 e. The molecule has 0 unspecified atom stereocenters. The second-order valence-corrected chi connectivity index (χ2v) is 4.63. The largest absolute Gasteiger partial charge is 0.479 e. The van der Waals surface area contributed by atoms with Crippen LogP contribution in [0.2, 0.25) is 0 Å². The van der Waals surface area contributed by atoms with Gasteiger partial charge in [-0.25, -0.2) is 0 Å². The summed E-state index contributed by atoms with van der Waals surface area (Å²) in [6.07, 6.45) is 3.53. The van der Waals surface area contributed by atoms with Gasteiger partial charge in [0.25, 0.3) is 0 Å². The number of aryl methyl sites for hydroxylation is 2. The van der Waals surface area contributed by atoms with E-state index in [0.29, 0.717) is 17.4 Å². The van der Waals surface area contributed by atoms with Gasteiger partial charge in [-0.3, -0.25) is 0 Å². The molecule has 1 heterocycles. The van der Waals surface area contributed by atoms with Crippen molar-refractivity contribution in [2.24, 2.45) is 0 Å². The number of ether oxygens (including phenoxy) is 2. The SMILES string of the molecule is COc1nc(Oc2ccc3c(c2)CCC3)ccc1N. The summed E-state index contributed by atoms with van der Waals surface area (Å²) in [6.45, 7) is 0. The lowest BCUT2D eigenvalue weighted by atomic mass is 10.1. The molecule has 0 fully saturated rings. The monoisotopic (exact) mass is 256 g/mol. The number of fused-ring (bicyclic) bond motifs is 1. The van der Waals surface area contributed by atoms with E-state index in [1.165, 1.54) is 31.1 Å². The summed E-state index contributed by atoms with van der Waals surface area (Å²) in [5, 5.41) is 0. The van der Waals surface area contributed by atoms with Crippen LogP contribution in [-0.2, 0) is 12.8 Å². The zero-order valence-corrected chi connectivity index (χ0v) is 10.8. The number of methoxy groups -OCH3 is 1. The third kappa shape index (κ3) is 2.34. The van der Waals surface area contributed by atoms with Crippen molar-refractivity contribution in [2.75, 3.05) is 12.8 Å². The van der Waals surface area contributed by atoms with E-state index >= 15 is 0 Å². The number of anilines is 1. The van der Waals surface area contributed by atoms with E-state index in [2.05, 4.69) is 17.1 Å². The van der Waals surface area contributed by atoms with Gasteiger partial charge in [-0.2, -0.15) is 4.98 Å². The van der Waals surface area contributed by atoms with E-state index < -0.39 is 0 Å². The van der Waals surface area contributed by atoms with Crippen LogP contribution in [0.15, 0.2) is 30.3 Å². The number of hydrogen-bond donors (Lipinski definition) is 1. The van der Waals surface area contributed by atoms with E-state index in [1.807, 2.05) is 6.07 Å². The standard InChI is InChI=1S/C15H16N2O2/c1-18-15-13(16)7-8-14(17-15)19-12-6-5-10-3-2-4-11(10)9-12/h5-9H,2-4,16H2,1H3. The Morgan fingerprint density at radius 3 is 2.79 bits per heavy atom. The Morgan fingerprint density at radius 2 is 1.95 bits per heavy atom. The zero-order valence-electron chi connectivity index (χ0n) is 10.8. The number of nitrogens with two attached hydrogens (primary N) is 1. The van der Waals surface area contributed by atoms with Crippen molar-refractivity contribution in [1.82, 2.24) is 4.98 Å². The number of pyridine rings is 1. The number of aromatic nitrogens is 1. The minimum atomic E-state index is 0.388. The van der Waals surface area contributed by atoms with Crippen LogP contribution in [0.5, 0.6) is 17.5 Å². The molecular weight excluding hydrogens is 240 g/mol. The molecule has 0 saturated carbocycles. The molecule has 1 aromatic heterocycles. The molecule has 2 aromatic rings. The summed E-state index contributed by atoms with van der Waals surface area (Å²) in [7, 11) is 1.54. The summed E-state index contributed by atoms with van der Waals surface area (Å²) in [5.74, 6) is 1.68. The zero-order chi connectivity index (χ0) is 13.2. The highest BCUT2D eigenvalue weighted by molar-refractivity contribution is 5.50. The molecule has 98 valence electrons. The number of nitrogen functional groups attached to an aromatic ring is 1.